The van der Waals surface area contributed by atoms with Gasteiger partial charge < -0.3 is 19.5 Å². The Morgan fingerprint density at radius 3 is 2.53 bits per heavy atom. The van der Waals surface area contributed by atoms with Crippen LogP contribution in [0.4, 0.5) is 5.69 Å². The Balaban J connectivity index is 1.64. The molecule has 2 aromatic heterocycles. The van der Waals surface area contributed by atoms with E-state index in [9.17, 15) is 9.59 Å². The van der Waals surface area contributed by atoms with Gasteiger partial charge in [0.1, 0.15) is 5.75 Å². The Morgan fingerprint density at radius 2 is 1.83 bits per heavy atom. The Kier molecular flexibility index (Phi) is 6.20. The normalized spacial score (nSPS) is 10.7. The van der Waals surface area contributed by atoms with E-state index in [1.54, 1.807) is 29.9 Å². The van der Waals surface area contributed by atoms with Crippen LogP contribution < -0.4 is 14.8 Å². The van der Waals surface area contributed by atoms with Crippen LogP contribution in [0.25, 0.3) is 11.0 Å². The summed E-state index contributed by atoms with van der Waals surface area (Å²) in [5, 5.41) is 7.93. The number of rotatable bonds is 7. The van der Waals surface area contributed by atoms with Gasteiger partial charge in [0.05, 0.1) is 12.5 Å². The molecular formula is C21H24N4O5. The van der Waals surface area contributed by atoms with E-state index in [0.29, 0.717) is 23.0 Å². The summed E-state index contributed by atoms with van der Waals surface area (Å²) in [6, 6.07) is 7.04. The van der Waals surface area contributed by atoms with Crippen molar-refractivity contribution in [3.63, 3.8) is 0 Å². The van der Waals surface area contributed by atoms with Crippen molar-refractivity contribution in [2.75, 3.05) is 25.6 Å². The van der Waals surface area contributed by atoms with Gasteiger partial charge in [0.2, 0.25) is 5.88 Å². The third-order valence-corrected chi connectivity index (χ3v) is 4.48. The first kappa shape index (κ1) is 21.1. The van der Waals surface area contributed by atoms with Crippen LogP contribution in [0.5, 0.6) is 11.6 Å². The van der Waals surface area contributed by atoms with E-state index in [1.165, 1.54) is 7.11 Å². The summed E-state index contributed by atoms with van der Waals surface area (Å²) in [7, 11) is 3.08. The zero-order chi connectivity index (χ0) is 21.8. The molecule has 3 aromatic rings. The van der Waals surface area contributed by atoms with E-state index in [1.807, 2.05) is 26.8 Å². The number of nitrogens with zero attached hydrogens (tertiary/aromatic N) is 3. The van der Waals surface area contributed by atoms with Gasteiger partial charge in [0.25, 0.3) is 5.91 Å². The summed E-state index contributed by atoms with van der Waals surface area (Å²) < 4.78 is 17.2. The molecular weight excluding hydrogens is 388 g/mol. The summed E-state index contributed by atoms with van der Waals surface area (Å²) in [5.41, 5.74) is 3.99. The van der Waals surface area contributed by atoms with Crippen LogP contribution in [0.15, 0.2) is 24.3 Å². The first-order valence-corrected chi connectivity index (χ1v) is 9.32. The Labute approximate surface area is 173 Å². The summed E-state index contributed by atoms with van der Waals surface area (Å²) >= 11 is 0. The molecule has 0 atom stereocenters. The lowest BCUT2D eigenvalue weighted by molar-refractivity contribution is -0.142. The molecule has 0 saturated heterocycles. The fraction of sp³-hybridized carbons (Fsp3) is 0.333. The highest BCUT2D eigenvalue weighted by molar-refractivity contribution is 5.93. The molecule has 2 heterocycles. The quantitative estimate of drug-likeness (QED) is 0.594. The van der Waals surface area contributed by atoms with Gasteiger partial charge in [0.15, 0.2) is 18.9 Å². The molecule has 30 heavy (non-hydrogen) atoms. The summed E-state index contributed by atoms with van der Waals surface area (Å²) in [6.07, 6.45) is 0. The lowest BCUT2D eigenvalue weighted by Gasteiger charge is -2.11. The number of benzene rings is 1. The lowest BCUT2D eigenvalue weighted by Crippen LogP contribution is -2.21. The molecule has 0 saturated carbocycles. The zero-order valence-electron chi connectivity index (χ0n) is 17.6. The van der Waals surface area contributed by atoms with E-state index >= 15 is 0 Å². The molecule has 1 aromatic carbocycles. The number of nitrogens with one attached hydrogen (secondary N) is 1. The first-order chi connectivity index (χ1) is 14.3. The lowest BCUT2D eigenvalue weighted by atomic mass is 10.2. The number of aryl methyl sites for hydroxylation is 4. The van der Waals surface area contributed by atoms with Gasteiger partial charge in [-0.2, -0.15) is 0 Å². The molecule has 3 rings (SSSR count). The van der Waals surface area contributed by atoms with Crippen molar-refractivity contribution in [3.8, 4) is 11.6 Å². The Morgan fingerprint density at radius 1 is 1.07 bits per heavy atom. The predicted octanol–water partition coefficient (Wildman–Crippen LogP) is 2.46. The number of anilines is 1. The zero-order valence-corrected chi connectivity index (χ0v) is 17.6. The standard InChI is InChI=1S/C21H24N4O5/c1-12-9-15(29-11-18(27)28-5)6-7-16(12)23-17(26)10-30-21-19-13(2)8-14(3)22-20(19)25(4)24-21/h6-9H,10-11H2,1-5H3,(H,23,26). The number of fused-ring (bicyclic) bond motifs is 1. The van der Waals surface area contributed by atoms with Crippen LogP contribution in [0.3, 0.4) is 0 Å². The maximum atomic E-state index is 12.4. The van der Waals surface area contributed by atoms with Crippen molar-refractivity contribution >= 4 is 28.6 Å². The monoisotopic (exact) mass is 412 g/mol. The Hall–Kier alpha value is -3.62. The number of methoxy groups -OCH3 is 1. The maximum absolute atomic E-state index is 12.4. The number of hydrogen-bond acceptors (Lipinski definition) is 7. The number of pyridine rings is 1. The minimum atomic E-state index is -0.468. The number of carbonyl (C=O) groups excluding carboxylic acids is 2. The van der Waals surface area contributed by atoms with E-state index in [4.69, 9.17) is 9.47 Å². The molecule has 1 N–H and O–H groups in total. The average Bonchev–Trinajstić information content (AvgIpc) is 3.02. The van der Waals surface area contributed by atoms with Gasteiger partial charge in [0, 0.05) is 18.4 Å². The van der Waals surface area contributed by atoms with Crippen LogP contribution in [0.2, 0.25) is 0 Å². The van der Waals surface area contributed by atoms with Crippen LogP contribution in [-0.2, 0) is 21.4 Å². The highest BCUT2D eigenvalue weighted by atomic mass is 16.6. The fourth-order valence-electron chi connectivity index (χ4n) is 3.04. The van der Waals surface area contributed by atoms with Crippen LogP contribution >= 0.6 is 0 Å². The third-order valence-electron chi connectivity index (χ3n) is 4.48. The third kappa shape index (κ3) is 4.68. The van der Waals surface area contributed by atoms with Gasteiger partial charge in [-0.3, -0.25) is 4.79 Å². The molecule has 9 heteroatoms. The minimum Gasteiger partial charge on any atom is -0.482 e. The maximum Gasteiger partial charge on any atom is 0.343 e. The van der Waals surface area contributed by atoms with Crippen LogP contribution in [0, 0.1) is 20.8 Å². The van der Waals surface area contributed by atoms with Crippen molar-refractivity contribution in [2.45, 2.75) is 20.8 Å². The number of aromatic nitrogens is 3. The van der Waals surface area contributed by atoms with E-state index in [-0.39, 0.29) is 19.1 Å². The van der Waals surface area contributed by atoms with E-state index < -0.39 is 5.97 Å². The first-order valence-electron chi connectivity index (χ1n) is 9.32. The summed E-state index contributed by atoms with van der Waals surface area (Å²) in [4.78, 5) is 28.0. The highest BCUT2D eigenvalue weighted by Gasteiger charge is 2.16. The second kappa shape index (κ2) is 8.81. The smallest absolute Gasteiger partial charge is 0.343 e. The number of amides is 1. The molecule has 9 nitrogen and oxygen atoms in total. The molecule has 0 unspecified atom stereocenters. The van der Waals surface area contributed by atoms with E-state index in [0.717, 1.165) is 22.2 Å². The van der Waals surface area contributed by atoms with Gasteiger partial charge in [-0.25, -0.2) is 14.5 Å². The van der Waals surface area contributed by atoms with E-state index in [2.05, 4.69) is 20.1 Å². The molecule has 0 fully saturated rings. The molecule has 0 aliphatic carbocycles. The van der Waals surface area contributed by atoms with Crippen molar-refractivity contribution in [2.24, 2.45) is 7.05 Å². The molecule has 0 radical (unpaired) electrons. The minimum absolute atomic E-state index is 0.179. The van der Waals surface area contributed by atoms with Gasteiger partial charge in [-0.15, -0.1) is 5.10 Å². The van der Waals surface area contributed by atoms with Gasteiger partial charge in [-0.1, -0.05) is 0 Å². The fourth-order valence-corrected chi connectivity index (χ4v) is 3.04. The van der Waals surface area contributed by atoms with Gasteiger partial charge in [-0.05, 0) is 56.2 Å². The van der Waals surface area contributed by atoms with Crippen molar-refractivity contribution < 1.29 is 23.8 Å². The summed E-state index contributed by atoms with van der Waals surface area (Å²) in [5.74, 6) is 0.0870. The SMILES string of the molecule is COC(=O)COc1ccc(NC(=O)COc2nn(C)c3nc(C)cc(C)c23)c(C)c1. The van der Waals surface area contributed by atoms with Crippen LogP contribution in [0.1, 0.15) is 16.8 Å². The molecule has 0 aliphatic rings. The van der Waals surface area contributed by atoms with Crippen molar-refractivity contribution in [1.82, 2.24) is 14.8 Å². The highest BCUT2D eigenvalue weighted by Crippen LogP contribution is 2.27. The molecule has 158 valence electrons. The van der Waals surface area contributed by atoms with Gasteiger partial charge >= 0.3 is 5.97 Å². The molecule has 0 bridgehead atoms. The van der Waals surface area contributed by atoms with Crippen molar-refractivity contribution in [3.05, 3.63) is 41.1 Å². The number of esters is 1. The topological polar surface area (TPSA) is 105 Å². The molecule has 1 amide bonds. The second-order valence-electron chi connectivity index (χ2n) is 6.89. The largest absolute Gasteiger partial charge is 0.482 e. The number of carbonyl (C=O) groups is 2. The Bertz CT molecular complexity index is 1110. The number of ether oxygens (including phenoxy) is 3. The molecule has 0 aliphatic heterocycles. The summed E-state index contributed by atoms with van der Waals surface area (Å²) in [6.45, 7) is 5.33. The van der Waals surface area contributed by atoms with Crippen LogP contribution in [-0.4, -0.2) is 47.0 Å². The van der Waals surface area contributed by atoms with Crippen molar-refractivity contribution in [1.29, 1.82) is 0 Å². The predicted molar refractivity (Wildman–Crippen MR) is 111 cm³/mol. The second-order valence-corrected chi connectivity index (χ2v) is 6.89. The number of hydrogen-bond donors (Lipinski definition) is 1. The average molecular weight is 412 g/mol. The molecule has 0 spiro atoms.